The third-order valence-electron chi connectivity index (χ3n) is 2.75. The second kappa shape index (κ2) is 3.36. The maximum atomic E-state index is 10.3. The molecule has 0 saturated heterocycles. The molecular formula is C9H14N2OS. The molecule has 0 bridgehead atoms. The van der Waals surface area contributed by atoms with E-state index < -0.39 is 5.60 Å². The fraction of sp³-hybridized carbons (Fsp3) is 0.667. The monoisotopic (exact) mass is 198 g/mol. The number of rotatable bonds is 1. The first-order valence-corrected chi connectivity index (χ1v) is 5.46. The number of aliphatic hydroxyl groups is 1. The molecule has 0 amide bonds. The molecule has 3 nitrogen and oxygen atoms in total. The van der Waals surface area contributed by atoms with E-state index in [2.05, 4.69) is 4.98 Å². The zero-order chi connectivity index (χ0) is 9.31. The molecule has 1 heterocycles. The van der Waals surface area contributed by atoms with Crippen molar-refractivity contribution in [1.82, 2.24) is 4.98 Å². The predicted octanol–water partition coefficient (Wildman–Crippen LogP) is 1.23. The van der Waals surface area contributed by atoms with Gasteiger partial charge in [0.2, 0.25) is 0 Å². The number of nitrogens with two attached hydrogens (primary N) is 1. The Morgan fingerprint density at radius 1 is 1.54 bits per heavy atom. The van der Waals surface area contributed by atoms with Gasteiger partial charge in [0.1, 0.15) is 5.60 Å². The molecule has 1 aliphatic carbocycles. The van der Waals surface area contributed by atoms with Gasteiger partial charge in [0, 0.05) is 12.2 Å². The standard InChI is InChI=1S/C9H14N2OS/c10-7-1-3-9(12,4-2-7)8-5-11-6-13-8/h5-7,12H,1-4,10H2. The smallest absolute Gasteiger partial charge is 0.100 e. The molecule has 13 heavy (non-hydrogen) atoms. The normalized spacial score (nSPS) is 34.8. The fourth-order valence-corrected chi connectivity index (χ4v) is 2.59. The van der Waals surface area contributed by atoms with Crippen LogP contribution in [0.1, 0.15) is 30.6 Å². The van der Waals surface area contributed by atoms with E-state index in [0.717, 1.165) is 30.6 Å². The highest BCUT2D eigenvalue weighted by atomic mass is 32.1. The Morgan fingerprint density at radius 3 is 2.77 bits per heavy atom. The van der Waals surface area contributed by atoms with Crippen molar-refractivity contribution in [3.8, 4) is 0 Å². The fourth-order valence-electron chi connectivity index (χ4n) is 1.81. The summed E-state index contributed by atoms with van der Waals surface area (Å²) in [6, 6.07) is 0.271. The van der Waals surface area contributed by atoms with Crippen LogP contribution in [0.5, 0.6) is 0 Å². The summed E-state index contributed by atoms with van der Waals surface area (Å²) >= 11 is 1.53. The first kappa shape index (κ1) is 9.12. The summed E-state index contributed by atoms with van der Waals surface area (Å²) in [6.45, 7) is 0. The molecule has 0 aliphatic heterocycles. The van der Waals surface area contributed by atoms with Crippen LogP contribution in [0.25, 0.3) is 0 Å². The van der Waals surface area contributed by atoms with Gasteiger partial charge in [0.25, 0.3) is 0 Å². The number of thiazole rings is 1. The zero-order valence-corrected chi connectivity index (χ0v) is 8.26. The van der Waals surface area contributed by atoms with Crippen LogP contribution in [0.15, 0.2) is 11.7 Å². The van der Waals surface area contributed by atoms with E-state index in [4.69, 9.17) is 5.73 Å². The Hall–Kier alpha value is -0.450. The average molecular weight is 198 g/mol. The highest BCUT2D eigenvalue weighted by Gasteiger charge is 2.34. The molecule has 0 atom stereocenters. The molecular weight excluding hydrogens is 184 g/mol. The van der Waals surface area contributed by atoms with Crippen LogP contribution in [-0.4, -0.2) is 16.1 Å². The van der Waals surface area contributed by atoms with E-state index in [1.807, 2.05) is 0 Å². The van der Waals surface area contributed by atoms with Crippen molar-refractivity contribution < 1.29 is 5.11 Å². The van der Waals surface area contributed by atoms with Crippen LogP contribution in [0.4, 0.5) is 0 Å². The van der Waals surface area contributed by atoms with Crippen LogP contribution in [0.3, 0.4) is 0 Å². The summed E-state index contributed by atoms with van der Waals surface area (Å²) < 4.78 is 0. The SMILES string of the molecule is NC1CCC(O)(c2cncs2)CC1. The van der Waals surface area contributed by atoms with E-state index in [1.165, 1.54) is 11.3 Å². The van der Waals surface area contributed by atoms with Crippen LogP contribution in [0, 0.1) is 0 Å². The molecule has 72 valence electrons. The van der Waals surface area contributed by atoms with Gasteiger partial charge in [-0.05, 0) is 25.7 Å². The van der Waals surface area contributed by atoms with Crippen molar-refractivity contribution in [2.45, 2.75) is 37.3 Å². The average Bonchev–Trinajstić information content (AvgIpc) is 2.63. The van der Waals surface area contributed by atoms with E-state index >= 15 is 0 Å². The minimum atomic E-state index is -0.642. The van der Waals surface area contributed by atoms with Gasteiger partial charge in [0.15, 0.2) is 0 Å². The highest BCUT2D eigenvalue weighted by molar-refractivity contribution is 7.09. The maximum absolute atomic E-state index is 10.3. The summed E-state index contributed by atoms with van der Waals surface area (Å²) in [5, 5.41) is 10.3. The molecule has 1 saturated carbocycles. The summed E-state index contributed by atoms with van der Waals surface area (Å²) in [4.78, 5) is 4.97. The van der Waals surface area contributed by atoms with Crippen molar-refractivity contribution in [3.63, 3.8) is 0 Å². The lowest BCUT2D eigenvalue weighted by Gasteiger charge is -2.33. The van der Waals surface area contributed by atoms with Gasteiger partial charge < -0.3 is 10.8 Å². The lowest BCUT2D eigenvalue weighted by atomic mass is 9.82. The number of hydrogen-bond donors (Lipinski definition) is 2. The van der Waals surface area contributed by atoms with E-state index in [0.29, 0.717) is 0 Å². The van der Waals surface area contributed by atoms with Crippen molar-refractivity contribution in [3.05, 3.63) is 16.6 Å². The Labute approximate surface area is 81.6 Å². The first-order chi connectivity index (χ1) is 6.21. The molecule has 1 aliphatic rings. The summed E-state index contributed by atoms with van der Waals surface area (Å²) in [5.41, 5.74) is 6.91. The predicted molar refractivity (Wildman–Crippen MR) is 52.5 cm³/mol. The van der Waals surface area contributed by atoms with Gasteiger partial charge in [-0.2, -0.15) is 0 Å². The lowest BCUT2D eigenvalue weighted by Crippen LogP contribution is -2.36. The number of aromatic nitrogens is 1. The van der Waals surface area contributed by atoms with E-state index in [1.54, 1.807) is 11.7 Å². The van der Waals surface area contributed by atoms with Crippen molar-refractivity contribution in [2.75, 3.05) is 0 Å². The van der Waals surface area contributed by atoms with Gasteiger partial charge in [-0.1, -0.05) is 0 Å². The third-order valence-corrected chi connectivity index (χ3v) is 3.71. The quantitative estimate of drug-likeness (QED) is 0.713. The molecule has 1 fully saturated rings. The van der Waals surface area contributed by atoms with Gasteiger partial charge in [-0.15, -0.1) is 11.3 Å². The molecule has 0 unspecified atom stereocenters. The summed E-state index contributed by atoms with van der Waals surface area (Å²) in [5.74, 6) is 0. The Kier molecular flexibility index (Phi) is 2.36. The molecule has 1 aromatic rings. The second-order valence-electron chi connectivity index (χ2n) is 3.73. The minimum Gasteiger partial charge on any atom is -0.384 e. The van der Waals surface area contributed by atoms with E-state index in [9.17, 15) is 5.11 Å². The van der Waals surface area contributed by atoms with E-state index in [-0.39, 0.29) is 6.04 Å². The van der Waals surface area contributed by atoms with Crippen LogP contribution >= 0.6 is 11.3 Å². The molecule has 0 radical (unpaired) electrons. The van der Waals surface area contributed by atoms with Gasteiger partial charge in [-0.25, -0.2) is 0 Å². The van der Waals surface area contributed by atoms with Crippen molar-refractivity contribution in [1.29, 1.82) is 0 Å². The van der Waals surface area contributed by atoms with Crippen molar-refractivity contribution >= 4 is 11.3 Å². The zero-order valence-electron chi connectivity index (χ0n) is 7.44. The number of nitrogens with zero attached hydrogens (tertiary/aromatic N) is 1. The molecule has 2 rings (SSSR count). The van der Waals surface area contributed by atoms with Gasteiger partial charge >= 0.3 is 0 Å². The van der Waals surface area contributed by atoms with Crippen molar-refractivity contribution in [2.24, 2.45) is 5.73 Å². The lowest BCUT2D eigenvalue weighted by molar-refractivity contribution is -0.00175. The summed E-state index contributed by atoms with van der Waals surface area (Å²) in [6.07, 6.45) is 5.14. The summed E-state index contributed by atoms with van der Waals surface area (Å²) in [7, 11) is 0. The van der Waals surface area contributed by atoms with Crippen LogP contribution < -0.4 is 5.73 Å². The Bertz CT molecular complexity index is 265. The Morgan fingerprint density at radius 2 is 2.23 bits per heavy atom. The third kappa shape index (κ3) is 1.75. The maximum Gasteiger partial charge on any atom is 0.100 e. The van der Waals surface area contributed by atoms with Gasteiger partial charge in [0.05, 0.1) is 10.4 Å². The largest absolute Gasteiger partial charge is 0.384 e. The molecule has 0 aromatic carbocycles. The molecule has 1 aromatic heterocycles. The molecule has 3 N–H and O–H groups in total. The van der Waals surface area contributed by atoms with Crippen LogP contribution in [-0.2, 0) is 5.60 Å². The number of hydrogen-bond acceptors (Lipinski definition) is 4. The minimum absolute atomic E-state index is 0.271. The highest BCUT2D eigenvalue weighted by Crippen LogP contribution is 2.37. The first-order valence-electron chi connectivity index (χ1n) is 4.58. The van der Waals surface area contributed by atoms with Gasteiger partial charge in [-0.3, -0.25) is 4.98 Å². The molecule has 4 heteroatoms. The topological polar surface area (TPSA) is 59.1 Å². The Balaban J connectivity index is 2.13. The second-order valence-corrected chi connectivity index (χ2v) is 4.62. The molecule has 0 spiro atoms. The van der Waals surface area contributed by atoms with Crippen LogP contribution in [0.2, 0.25) is 0 Å².